The fourth-order valence-electron chi connectivity index (χ4n) is 5.64. The minimum absolute atomic E-state index is 0.00457. The molecular formula is C30H25ClF2N8O2. The topological polar surface area (TPSA) is 130 Å². The highest BCUT2D eigenvalue weighted by atomic mass is 35.5. The van der Waals surface area contributed by atoms with E-state index in [2.05, 4.69) is 25.4 Å². The molecule has 2 amide bonds. The van der Waals surface area contributed by atoms with E-state index in [0.717, 1.165) is 12.8 Å². The molecule has 13 heteroatoms. The van der Waals surface area contributed by atoms with E-state index < -0.39 is 23.6 Å². The second-order valence-corrected chi connectivity index (χ2v) is 11.2. The number of anilines is 2. The van der Waals surface area contributed by atoms with Gasteiger partial charge in [-0.25, -0.2) is 18.7 Å². The van der Waals surface area contributed by atoms with Gasteiger partial charge in [0.05, 0.1) is 57.7 Å². The number of nitrogens with zero attached hydrogens (tertiary/aromatic N) is 7. The number of fused-ring (bicyclic) bond motifs is 1. The fraction of sp³-hybridized carbons (Fsp3) is 0.300. The van der Waals surface area contributed by atoms with Gasteiger partial charge < -0.3 is 5.32 Å². The number of halogens is 3. The number of carbonyl (C=O) groups excluding carboxylic acids is 2. The predicted octanol–water partition coefficient (Wildman–Crippen LogP) is 5.39. The van der Waals surface area contributed by atoms with Gasteiger partial charge in [-0.2, -0.15) is 10.4 Å². The van der Waals surface area contributed by atoms with Gasteiger partial charge in [-0.1, -0.05) is 11.6 Å². The monoisotopic (exact) mass is 602 g/mol. The molecule has 218 valence electrons. The van der Waals surface area contributed by atoms with E-state index in [1.54, 1.807) is 30.9 Å². The number of carbonyl (C=O) groups is 2. The van der Waals surface area contributed by atoms with Crippen LogP contribution in [0, 0.1) is 48.6 Å². The minimum atomic E-state index is -0.839. The summed E-state index contributed by atoms with van der Waals surface area (Å²) in [6, 6.07) is 4.08. The van der Waals surface area contributed by atoms with Crippen molar-refractivity contribution in [1.82, 2.24) is 24.7 Å². The first-order valence-corrected chi connectivity index (χ1v) is 14.0. The summed E-state index contributed by atoms with van der Waals surface area (Å²) >= 11 is 5.92. The maximum Gasteiger partial charge on any atom is 0.276 e. The van der Waals surface area contributed by atoms with E-state index >= 15 is 4.39 Å². The van der Waals surface area contributed by atoms with Gasteiger partial charge in [0.25, 0.3) is 5.91 Å². The van der Waals surface area contributed by atoms with Crippen molar-refractivity contribution in [3.63, 3.8) is 0 Å². The average molecular weight is 603 g/mol. The Morgan fingerprint density at radius 1 is 1.16 bits per heavy atom. The first-order chi connectivity index (χ1) is 20.6. The summed E-state index contributed by atoms with van der Waals surface area (Å²) < 4.78 is 31.9. The highest BCUT2D eigenvalue weighted by Gasteiger charge is 2.47. The summed E-state index contributed by atoms with van der Waals surface area (Å²) in [5.74, 6) is -1.77. The number of hydrogen-bond acceptors (Lipinski definition) is 7. The lowest BCUT2D eigenvalue weighted by Crippen LogP contribution is -2.30. The molecule has 4 aromatic rings. The molecule has 0 spiro atoms. The SMILES string of the molecule is Cc1ncc(-c2c(C#N)ccc(Cl)c2F)nc1C(=O)Nc1cnn(C(C)c2cnc(N3C[C@H]4CC[C@H]4C3=O)c(F)c2C)c1. The minimum Gasteiger partial charge on any atom is -0.318 e. The summed E-state index contributed by atoms with van der Waals surface area (Å²) in [6.45, 7) is 5.52. The zero-order chi connectivity index (χ0) is 30.6. The Balaban J connectivity index is 1.22. The molecule has 6 rings (SSSR count). The Morgan fingerprint density at radius 2 is 1.95 bits per heavy atom. The van der Waals surface area contributed by atoms with E-state index in [-0.39, 0.29) is 56.8 Å². The zero-order valence-corrected chi connectivity index (χ0v) is 24.2. The molecule has 4 heterocycles. The van der Waals surface area contributed by atoms with Gasteiger partial charge in [-0.15, -0.1) is 0 Å². The van der Waals surface area contributed by atoms with Crippen LogP contribution in [0.15, 0.2) is 36.9 Å². The van der Waals surface area contributed by atoms with Gasteiger partial charge in [-0.05, 0) is 57.2 Å². The van der Waals surface area contributed by atoms with Crippen LogP contribution in [0.2, 0.25) is 5.02 Å². The highest BCUT2D eigenvalue weighted by Crippen LogP contribution is 2.43. The number of hydrogen-bond donors (Lipinski definition) is 1. The molecule has 3 atom stereocenters. The molecule has 1 aliphatic heterocycles. The molecule has 1 aliphatic carbocycles. The second-order valence-electron chi connectivity index (χ2n) is 10.8. The molecule has 3 aromatic heterocycles. The maximum absolute atomic E-state index is 15.5. The number of aryl methyl sites for hydroxylation is 1. The Labute approximate surface area is 250 Å². The van der Waals surface area contributed by atoms with E-state index in [4.69, 9.17) is 11.6 Å². The average Bonchev–Trinajstić information content (AvgIpc) is 3.52. The molecule has 1 unspecified atom stereocenters. The lowest BCUT2D eigenvalue weighted by atomic mass is 9.76. The maximum atomic E-state index is 15.5. The van der Waals surface area contributed by atoms with Crippen LogP contribution in [0.25, 0.3) is 11.3 Å². The summed E-state index contributed by atoms with van der Waals surface area (Å²) in [7, 11) is 0. The van der Waals surface area contributed by atoms with Crippen LogP contribution in [0.3, 0.4) is 0 Å². The van der Waals surface area contributed by atoms with Crippen molar-refractivity contribution < 1.29 is 18.4 Å². The van der Waals surface area contributed by atoms with Crippen LogP contribution in [-0.4, -0.2) is 43.1 Å². The van der Waals surface area contributed by atoms with Crippen LogP contribution in [0.4, 0.5) is 20.3 Å². The largest absolute Gasteiger partial charge is 0.318 e. The molecule has 2 fully saturated rings. The number of pyridine rings is 1. The number of nitrogens with one attached hydrogen (secondary N) is 1. The fourth-order valence-corrected chi connectivity index (χ4v) is 5.80. The van der Waals surface area contributed by atoms with Crippen molar-refractivity contribution in [2.24, 2.45) is 11.8 Å². The van der Waals surface area contributed by atoms with Gasteiger partial charge in [0, 0.05) is 30.4 Å². The quantitative estimate of drug-likeness (QED) is 0.313. The number of aromatic nitrogens is 5. The van der Waals surface area contributed by atoms with Crippen molar-refractivity contribution in [1.29, 1.82) is 5.26 Å². The predicted molar refractivity (Wildman–Crippen MR) is 153 cm³/mol. The second kappa shape index (κ2) is 10.8. The molecule has 1 saturated carbocycles. The standard InChI is InChI=1S/C30H25ClF2N8O2/c1-14-21(10-36-28(25(14)32)40-12-18-4-6-20(18)30(40)43)16(3)41-13-19(9-37-41)38-29(42)27-15(2)35-11-23(39-27)24-17(8-34)5-7-22(31)26(24)33/h5,7,9-11,13,16,18,20H,4,6,12H2,1-3H3,(H,38,42)/t16?,18-,20-/m1/s1. The third-order valence-electron chi connectivity index (χ3n) is 8.31. The Kier molecular flexibility index (Phi) is 7.14. The van der Waals surface area contributed by atoms with Gasteiger partial charge >= 0.3 is 0 Å². The van der Waals surface area contributed by atoms with Crippen LogP contribution in [-0.2, 0) is 4.79 Å². The Bertz CT molecular complexity index is 1850. The molecule has 0 radical (unpaired) electrons. The molecule has 43 heavy (non-hydrogen) atoms. The molecule has 1 saturated heterocycles. The van der Waals surface area contributed by atoms with E-state index in [1.807, 2.05) is 13.0 Å². The Morgan fingerprint density at radius 3 is 2.63 bits per heavy atom. The van der Waals surface area contributed by atoms with Gasteiger partial charge in [0.2, 0.25) is 5.91 Å². The van der Waals surface area contributed by atoms with Crippen LogP contribution < -0.4 is 10.2 Å². The van der Waals surface area contributed by atoms with Crippen molar-refractivity contribution in [2.75, 3.05) is 16.8 Å². The third-order valence-corrected chi connectivity index (χ3v) is 8.60. The Hall–Kier alpha value is -4.76. The first-order valence-electron chi connectivity index (χ1n) is 13.6. The smallest absolute Gasteiger partial charge is 0.276 e. The molecule has 2 aliphatic rings. The summed E-state index contributed by atoms with van der Waals surface area (Å²) in [6.07, 6.45) is 7.64. The van der Waals surface area contributed by atoms with Gasteiger partial charge in [-0.3, -0.25) is 24.2 Å². The number of benzene rings is 1. The third kappa shape index (κ3) is 4.79. The first kappa shape index (κ1) is 28.4. The van der Waals surface area contributed by atoms with Crippen molar-refractivity contribution in [2.45, 2.75) is 39.7 Å². The highest BCUT2D eigenvalue weighted by molar-refractivity contribution is 6.31. The van der Waals surface area contributed by atoms with Crippen LogP contribution >= 0.6 is 11.6 Å². The molecule has 0 bridgehead atoms. The van der Waals surface area contributed by atoms with E-state index in [0.29, 0.717) is 23.4 Å². The summed E-state index contributed by atoms with van der Waals surface area (Å²) in [5.41, 5.74) is 1.29. The summed E-state index contributed by atoms with van der Waals surface area (Å²) in [5, 5.41) is 16.3. The van der Waals surface area contributed by atoms with Crippen molar-refractivity contribution in [3.8, 4) is 17.3 Å². The van der Waals surface area contributed by atoms with Gasteiger partial charge in [0.15, 0.2) is 17.5 Å². The van der Waals surface area contributed by atoms with E-state index in [9.17, 15) is 19.2 Å². The molecule has 1 N–H and O–H groups in total. The molecule has 10 nitrogen and oxygen atoms in total. The lowest BCUT2D eigenvalue weighted by Gasteiger charge is -2.25. The van der Waals surface area contributed by atoms with Crippen LogP contribution in [0.5, 0.6) is 0 Å². The number of rotatable bonds is 6. The van der Waals surface area contributed by atoms with Crippen molar-refractivity contribution in [3.05, 3.63) is 81.7 Å². The number of nitriles is 1. The van der Waals surface area contributed by atoms with Crippen LogP contribution in [0.1, 0.15) is 58.7 Å². The summed E-state index contributed by atoms with van der Waals surface area (Å²) in [4.78, 5) is 40.1. The van der Waals surface area contributed by atoms with Gasteiger partial charge in [0.1, 0.15) is 5.69 Å². The van der Waals surface area contributed by atoms with Crippen molar-refractivity contribution >= 4 is 34.9 Å². The molecular weight excluding hydrogens is 578 g/mol. The molecule has 1 aromatic carbocycles. The lowest BCUT2D eigenvalue weighted by molar-refractivity contribution is -0.123. The van der Waals surface area contributed by atoms with E-state index in [1.165, 1.54) is 29.4 Å². The zero-order valence-electron chi connectivity index (χ0n) is 23.4. The number of amides is 2. The normalized spacial score (nSPS) is 18.2.